The first-order valence-corrected chi connectivity index (χ1v) is 5.99. The van der Waals surface area contributed by atoms with Crippen molar-refractivity contribution in [3.8, 4) is 0 Å². The van der Waals surface area contributed by atoms with E-state index in [1.807, 2.05) is 0 Å². The zero-order valence-corrected chi connectivity index (χ0v) is 12.8. The van der Waals surface area contributed by atoms with Crippen molar-refractivity contribution in [2.45, 2.75) is 43.8 Å². The highest BCUT2D eigenvalue weighted by Gasteiger charge is 2.64. The number of nitro groups is 4. The molecule has 0 radical (unpaired) electrons. The molecule has 0 bridgehead atoms. The Hall–Kier alpha value is -2.48. The number of ether oxygens (including phenoxy) is 2. The molecule has 132 valence electrons. The lowest BCUT2D eigenvalue weighted by molar-refractivity contribution is -0.805. The van der Waals surface area contributed by atoms with Crippen molar-refractivity contribution in [2.24, 2.45) is 0 Å². The maximum atomic E-state index is 11.0. The molecule has 0 saturated heterocycles. The van der Waals surface area contributed by atoms with Crippen LogP contribution in [0.15, 0.2) is 0 Å². The molecule has 0 aromatic carbocycles. The summed E-state index contributed by atoms with van der Waals surface area (Å²) < 4.78 is 9.68. The second kappa shape index (κ2) is 6.74. The molecule has 14 nitrogen and oxygen atoms in total. The van der Waals surface area contributed by atoms with Crippen molar-refractivity contribution in [3.05, 3.63) is 40.5 Å². The number of nitrogens with zero attached hydrogens (tertiary/aromatic N) is 4. The first kappa shape index (κ1) is 20.5. The van der Waals surface area contributed by atoms with Gasteiger partial charge in [-0.1, -0.05) is 0 Å². The fourth-order valence-electron chi connectivity index (χ4n) is 1.85. The van der Waals surface area contributed by atoms with Gasteiger partial charge in [-0.05, 0) is 0 Å². The maximum absolute atomic E-state index is 11.0. The minimum atomic E-state index is -2.82. The summed E-state index contributed by atoms with van der Waals surface area (Å²) in [6.07, 6.45) is -2.16. The summed E-state index contributed by atoms with van der Waals surface area (Å²) in [6.45, 7) is 1.30. The average molecular weight is 340 g/mol. The second-order valence-corrected chi connectivity index (χ2v) is 5.13. The largest absolute Gasteiger partial charge is 0.461 e. The summed E-state index contributed by atoms with van der Waals surface area (Å²) >= 11 is 0. The molecule has 0 atom stereocenters. The molecule has 0 amide bonds. The van der Waals surface area contributed by atoms with Crippen molar-refractivity contribution in [2.75, 3.05) is 14.2 Å². The Balaban J connectivity index is 5.94. The van der Waals surface area contributed by atoms with Gasteiger partial charge >= 0.3 is 11.3 Å². The molecular formula is C9H16N4O10. The van der Waals surface area contributed by atoms with Crippen molar-refractivity contribution < 1.29 is 29.2 Å². The van der Waals surface area contributed by atoms with Gasteiger partial charge in [0.25, 0.3) is 0 Å². The Morgan fingerprint density at radius 2 is 0.913 bits per heavy atom. The van der Waals surface area contributed by atoms with Gasteiger partial charge in [-0.15, -0.1) is 0 Å². The monoisotopic (exact) mass is 340 g/mol. The fourth-order valence-corrected chi connectivity index (χ4v) is 1.85. The third-order valence-electron chi connectivity index (χ3n) is 3.53. The first-order chi connectivity index (χ1) is 10.3. The summed E-state index contributed by atoms with van der Waals surface area (Å²) in [5, 5.41) is 44.0. The molecule has 23 heavy (non-hydrogen) atoms. The summed E-state index contributed by atoms with van der Waals surface area (Å²) in [7, 11) is 1.84. The molecule has 0 saturated carbocycles. The Labute approximate surface area is 128 Å². The highest BCUT2D eigenvalue weighted by Crippen LogP contribution is 2.35. The van der Waals surface area contributed by atoms with E-state index >= 15 is 0 Å². The van der Waals surface area contributed by atoms with Crippen LogP contribution in [0.5, 0.6) is 0 Å². The predicted octanol–water partition coefficient (Wildman–Crippen LogP) is 0.295. The van der Waals surface area contributed by atoms with Crippen LogP contribution >= 0.6 is 0 Å². The molecule has 0 N–H and O–H groups in total. The highest BCUT2D eigenvalue weighted by atomic mass is 16.7. The minimum Gasteiger partial charge on any atom is -0.352 e. The Kier molecular flexibility index (Phi) is 6.01. The first-order valence-electron chi connectivity index (χ1n) is 5.99. The van der Waals surface area contributed by atoms with Gasteiger partial charge in [0.15, 0.2) is 5.79 Å². The SMILES string of the molecule is COC(CC(C)([N+](=O)[O-])[N+](=O)[O-])(CC(C)([N+](=O)[O-])[N+](=O)[O-])OC. The minimum absolute atomic E-state index is 0.648. The quantitative estimate of drug-likeness (QED) is 0.303. The van der Waals surface area contributed by atoms with Crippen LogP contribution in [0.25, 0.3) is 0 Å². The van der Waals surface area contributed by atoms with Crippen LogP contribution in [0.2, 0.25) is 0 Å². The summed E-state index contributed by atoms with van der Waals surface area (Å²) in [5.41, 5.74) is -5.64. The van der Waals surface area contributed by atoms with E-state index in [2.05, 4.69) is 0 Å². The smallest absolute Gasteiger partial charge is 0.352 e. The van der Waals surface area contributed by atoms with Gasteiger partial charge in [0, 0.05) is 14.2 Å². The van der Waals surface area contributed by atoms with E-state index in [4.69, 9.17) is 9.47 Å². The van der Waals surface area contributed by atoms with E-state index in [-0.39, 0.29) is 0 Å². The molecule has 0 spiro atoms. The number of hydrogen-bond acceptors (Lipinski definition) is 10. The highest BCUT2D eigenvalue weighted by molar-refractivity contribution is 4.82. The topological polar surface area (TPSA) is 191 Å². The zero-order chi connectivity index (χ0) is 18.6. The maximum Gasteiger partial charge on any atom is 0.461 e. The molecule has 0 rings (SSSR count). The third-order valence-corrected chi connectivity index (χ3v) is 3.53. The van der Waals surface area contributed by atoms with Crippen molar-refractivity contribution in [1.29, 1.82) is 0 Å². The van der Waals surface area contributed by atoms with E-state index in [1.165, 1.54) is 0 Å². The summed E-state index contributed by atoms with van der Waals surface area (Å²) in [5.74, 6) is -2.29. The summed E-state index contributed by atoms with van der Waals surface area (Å²) in [4.78, 5) is 39.1. The van der Waals surface area contributed by atoms with Gasteiger partial charge in [-0.3, -0.25) is 40.5 Å². The van der Waals surface area contributed by atoms with Gasteiger partial charge < -0.3 is 9.47 Å². The van der Waals surface area contributed by atoms with E-state index < -0.39 is 49.6 Å². The second-order valence-electron chi connectivity index (χ2n) is 5.13. The molecule has 0 aromatic rings. The van der Waals surface area contributed by atoms with E-state index in [0.717, 1.165) is 14.2 Å². The van der Waals surface area contributed by atoms with Crippen LogP contribution < -0.4 is 0 Å². The molecular weight excluding hydrogens is 324 g/mol. The van der Waals surface area contributed by atoms with Crippen molar-refractivity contribution in [3.63, 3.8) is 0 Å². The van der Waals surface area contributed by atoms with Gasteiger partial charge in [0.1, 0.15) is 12.8 Å². The average Bonchev–Trinajstić information content (AvgIpc) is 2.45. The third kappa shape index (κ3) is 3.84. The molecule has 14 heteroatoms. The van der Waals surface area contributed by atoms with Crippen LogP contribution in [0, 0.1) is 40.5 Å². The van der Waals surface area contributed by atoms with Crippen molar-refractivity contribution in [1.82, 2.24) is 0 Å². The molecule has 0 heterocycles. The molecule has 0 unspecified atom stereocenters. The van der Waals surface area contributed by atoms with E-state index in [1.54, 1.807) is 0 Å². The molecule has 0 aliphatic heterocycles. The van der Waals surface area contributed by atoms with Crippen LogP contribution in [-0.2, 0) is 9.47 Å². The van der Waals surface area contributed by atoms with Crippen LogP contribution in [-0.4, -0.2) is 51.0 Å². The van der Waals surface area contributed by atoms with Crippen LogP contribution in [0.1, 0.15) is 26.7 Å². The zero-order valence-electron chi connectivity index (χ0n) is 12.8. The molecule has 0 fully saturated rings. The normalized spacial score (nSPS) is 12.7. The lowest BCUT2D eigenvalue weighted by Crippen LogP contribution is -2.57. The van der Waals surface area contributed by atoms with Crippen molar-refractivity contribution >= 4 is 0 Å². The summed E-state index contributed by atoms with van der Waals surface area (Å²) in [6, 6.07) is 0. The Morgan fingerprint density at radius 3 is 1.04 bits per heavy atom. The predicted molar refractivity (Wildman–Crippen MR) is 70.8 cm³/mol. The van der Waals surface area contributed by atoms with E-state index in [0.29, 0.717) is 13.8 Å². The molecule has 0 aliphatic rings. The molecule has 0 aliphatic carbocycles. The van der Waals surface area contributed by atoms with Gasteiger partial charge in [-0.25, -0.2) is 0 Å². The fraction of sp³-hybridized carbons (Fsp3) is 1.00. The lowest BCUT2D eigenvalue weighted by atomic mass is 9.93. The lowest BCUT2D eigenvalue weighted by Gasteiger charge is -2.32. The van der Waals surface area contributed by atoms with Gasteiger partial charge in [0.2, 0.25) is 0 Å². The number of hydrogen-bond donors (Lipinski definition) is 0. The van der Waals surface area contributed by atoms with Crippen LogP contribution in [0.3, 0.4) is 0 Å². The standard InChI is InChI=1S/C9H16N4O10/c1-7(10(14)15,11(16)17)5-9(22-3,23-4)6-8(2,12(18)19)13(20)21/h5-6H2,1-4H3. The van der Waals surface area contributed by atoms with Crippen LogP contribution in [0.4, 0.5) is 0 Å². The van der Waals surface area contributed by atoms with E-state index in [9.17, 15) is 40.5 Å². The van der Waals surface area contributed by atoms with Gasteiger partial charge in [-0.2, -0.15) is 0 Å². The number of rotatable bonds is 10. The Morgan fingerprint density at radius 1 is 0.696 bits per heavy atom. The Bertz CT molecular complexity index is 446. The number of methoxy groups -OCH3 is 2. The molecule has 0 aromatic heterocycles. The van der Waals surface area contributed by atoms with Gasteiger partial charge in [0.05, 0.1) is 33.5 Å².